The number of rotatable bonds is 5. The van der Waals surface area contributed by atoms with Crippen LogP contribution in [0.25, 0.3) is 0 Å². The van der Waals surface area contributed by atoms with Crippen LogP contribution in [0, 0.1) is 5.82 Å². The maximum absolute atomic E-state index is 13.2. The highest BCUT2D eigenvalue weighted by Crippen LogP contribution is 2.35. The van der Waals surface area contributed by atoms with Gasteiger partial charge in [-0.2, -0.15) is 13.2 Å². The van der Waals surface area contributed by atoms with Gasteiger partial charge < -0.3 is 5.32 Å². The van der Waals surface area contributed by atoms with Crippen LogP contribution in [0.3, 0.4) is 0 Å². The van der Waals surface area contributed by atoms with Gasteiger partial charge in [-0.1, -0.05) is 13.8 Å². The van der Waals surface area contributed by atoms with Gasteiger partial charge in [-0.05, 0) is 43.1 Å². The molecular formula is C13H17F4N. The highest BCUT2D eigenvalue weighted by Gasteiger charge is 2.35. The Morgan fingerprint density at radius 1 is 1.22 bits per heavy atom. The summed E-state index contributed by atoms with van der Waals surface area (Å²) in [5.74, 6) is -0.644. The Bertz CT molecular complexity index is 387. The molecule has 0 heterocycles. The molecule has 1 aromatic rings. The normalized spacial score (nSPS) is 13.7. The van der Waals surface area contributed by atoms with Crippen LogP contribution in [0.4, 0.5) is 17.6 Å². The summed E-state index contributed by atoms with van der Waals surface area (Å²) in [4.78, 5) is 0. The highest BCUT2D eigenvalue weighted by atomic mass is 19.4. The first-order valence-corrected chi connectivity index (χ1v) is 6.00. The van der Waals surface area contributed by atoms with E-state index in [0.29, 0.717) is 13.0 Å². The van der Waals surface area contributed by atoms with Crippen molar-refractivity contribution in [2.24, 2.45) is 0 Å². The van der Waals surface area contributed by atoms with Crippen molar-refractivity contribution in [3.63, 3.8) is 0 Å². The number of hydrogen-bond donors (Lipinski definition) is 1. The Morgan fingerprint density at radius 3 is 2.39 bits per heavy atom. The largest absolute Gasteiger partial charge is 0.416 e. The molecule has 1 aromatic carbocycles. The van der Waals surface area contributed by atoms with E-state index in [1.54, 1.807) is 6.92 Å². The van der Waals surface area contributed by atoms with Gasteiger partial charge in [0, 0.05) is 6.04 Å². The van der Waals surface area contributed by atoms with Crippen LogP contribution >= 0.6 is 0 Å². The number of alkyl halides is 3. The van der Waals surface area contributed by atoms with Gasteiger partial charge in [0.15, 0.2) is 0 Å². The molecule has 0 bridgehead atoms. The maximum atomic E-state index is 13.2. The fourth-order valence-corrected chi connectivity index (χ4v) is 1.87. The zero-order valence-corrected chi connectivity index (χ0v) is 10.4. The zero-order chi connectivity index (χ0) is 13.8. The first-order valence-electron chi connectivity index (χ1n) is 6.00. The molecule has 0 amide bonds. The number of nitrogens with one attached hydrogen (secondary N) is 1. The molecule has 0 aliphatic heterocycles. The molecular weight excluding hydrogens is 246 g/mol. The lowest BCUT2D eigenvalue weighted by Crippen LogP contribution is -2.24. The zero-order valence-electron chi connectivity index (χ0n) is 10.4. The van der Waals surface area contributed by atoms with E-state index in [0.717, 1.165) is 24.6 Å². The highest BCUT2D eigenvalue weighted by molar-refractivity contribution is 5.33. The number of halogens is 4. The SMILES string of the molecule is CCCNC(CC)c1cc(F)ccc1C(F)(F)F. The summed E-state index contributed by atoms with van der Waals surface area (Å²) >= 11 is 0. The van der Waals surface area contributed by atoms with Crippen LogP contribution in [-0.4, -0.2) is 6.54 Å². The van der Waals surface area contributed by atoms with E-state index in [2.05, 4.69) is 5.32 Å². The predicted octanol–water partition coefficient (Wildman–Crippen LogP) is 4.30. The molecule has 1 rings (SSSR count). The van der Waals surface area contributed by atoms with Crippen molar-refractivity contribution < 1.29 is 17.6 Å². The molecule has 0 aliphatic rings. The van der Waals surface area contributed by atoms with Gasteiger partial charge in [0.25, 0.3) is 0 Å². The predicted molar refractivity (Wildman–Crippen MR) is 62.7 cm³/mol. The van der Waals surface area contributed by atoms with Crippen LogP contribution in [0.5, 0.6) is 0 Å². The fraction of sp³-hybridized carbons (Fsp3) is 0.538. The lowest BCUT2D eigenvalue weighted by atomic mass is 9.97. The Labute approximate surface area is 104 Å². The smallest absolute Gasteiger partial charge is 0.310 e. The molecule has 1 atom stereocenters. The van der Waals surface area contributed by atoms with Crippen molar-refractivity contribution >= 4 is 0 Å². The first kappa shape index (κ1) is 15.0. The quantitative estimate of drug-likeness (QED) is 0.781. The molecule has 0 spiro atoms. The standard InChI is InChI=1S/C13H17F4N/c1-3-7-18-12(4-2)10-8-9(14)5-6-11(10)13(15,16)17/h5-6,8,12,18H,3-4,7H2,1-2H3. The van der Waals surface area contributed by atoms with Gasteiger partial charge >= 0.3 is 6.18 Å². The third-order valence-electron chi connectivity index (χ3n) is 2.74. The lowest BCUT2D eigenvalue weighted by Gasteiger charge is -2.21. The van der Waals surface area contributed by atoms with Crippen LogP contribution in [0.15, 0.2) is 18.2 Å². The second-order valence-corrected chi connectivity index (χ2v) is 4.14. The summed E-state index contributed by atoms with van der Waals surface area (Å²) in [5.41, 5.74) is -0.780. The summed E-state index contributed by atoms with van der Waals surface area (Å²) in [6.45, 7) is 4.31. The van der Waals surface area contributed by atoms with E-state index in [1.807, 2.05) is 6.92 Å². The van der Waals surface area contributed by atoms with Gasteiger partial charge in [-0.25, -0.2) is 4.39 Å². The summed E-state index contributed by atoms with van der Waals surface area (Å²) < 4.78 is 51.7. The van der Waals surface area contributed by atoms with Crippen molar-refractivity contribution in [3.05, 3.63) is 35.1 Å². The van der Waals surface area contributed by atoms with Crippen molar-refractivity contribution in [1.82, 2.24) is 5.32 Å². The van der Waals surface area contributed by atoms with Crippen molar-refractivity contribution in [2.75, 3.05) is 6.54 Å². The molecule has 0 aromatic heterocycles. The number of benzene rings is 1. The molecule has 0 saturated carbocycles. The van der Waals surface area contributed by atoms with Crippen molar-refractivity contribution in [3.8, 4) is 0 Å². The topological polar surface area (TPSA) is 12.0 Å². The van der Waals surface area contributed by atoms with Gasteiger partial charge in [0.1, 0.15) is 5.82 Å². The Kier molecular flexibility index (Phi) is 5.14. The molecule has 0 fully saturated rings. The Morgan fingerprint density at radius 2 is 1.89 bits per heavy atom. The molecule has 0 saturated heterocycles. The minimum absolute atomic E-state index is 0.0153. The third kappa shape index (κ3) is 3.70. The van der Waals surface area contributed by atoms with E-state index in [1.165, 1.54) is 0 Å². The second kappa shape index (κ2) is 6.18. The van der Waals surface area contributed by atoms with Crippen LogP contribution in [0.1, 0.15) is 43.9 Å². The first-order chi connectivity index (χ1) is 8.40. The molecule has 0 radical (unpaired) electrons. The minimum Gasteiger partial charge on any atom is -0.310 e. The van der Waals surface area contributed by atoms with Crippen molar-refractivity contribution in [1.29, 1.82) is 0 Å². The summed E-state index contributed by atoms with van der Waals surface area (Å²) in [5, 5.41) is 3.01. The van der Waals surface area contributed by atoms with Gasteiger partial charge in [-0.15, -0.1) is 0 Å². The Balaban J connectivity index is 3.14. The molecule has 102 valence electrons. The van der Waals surface area contributed by atoms with E-state index >= 15 is 0 Å². The van der Waals surface area contributed by atoms with Crippen LogP contribution < -0.4 is 5.32 Å². The third-order valence-corrected chi connectivity index (χ3v) is 2.74. The van der Waals surface area contributed by atoms with E-state index in [-0.39, 0.29) is 5.56 Å². The minimum atomic E-state index is -4.45. The van der Waals surface area contributed by atoms with E-state index in [4.69, 9.17) is 0 Å². The Hall–Kier alpha value is -1.10. The monoisotopic (exact) mass is 263 g/mol. The lowest BCUT2D eigenvalue weighted by molar-refractivity contribution is -0.138. The van der Waals surface area contributed by atoms with Gasteiger partial charge in [0.2, 0.25) is 0 Å². The molecule has 5 heteroatoms. The molecule has 1 nitrogen and oxygen atoms in total. The summed E-state index contributed by atoms with van der Waals surface area (Å²) in [7, 11) is 0. The van der Waals surface area contributed by atoms with Gasteiger partial charge in [0.05, 0.1) is 5.56 Å². The van der Waals surface area contributed by atoms with Crippen molar-refractivity contribution in [2.45, 2.75) is 38.9 Å². The summed E-state index contributed by atoms with van der Waals surface area (Å²) in [6, 6.07) is 2.15. The van der Waals surface area contributed by atoms with Crippen LogP contribution in [0.2, 0.25) is 0 Å². The molecule has 0 aliphatic carbocycles. The average molecular weight is 263 g/mol. The van der Waals surface area contributed by atoms with E-state index in [9.17, 15) is 17.6 Å². The summed E-state index contributed by atoms with van der Waals surface area (Å²) in [6.07, 6.45) is -3.16. The van der Waals surface area contributed by atoms with E-state index < -0.39 is 23.6 Å². The van der Waals surface area contributed by atoms with Crippen LogP contribution in [-0.2, 0) is 6.18 Å². The average Bonchev–Trinajstić information content (AvgIpc) is 2.28. The second-order valence-electron chi connectivity index (χ2n) is 4.14. The molecule has 18 heavy (non-hydrogen) atoms. The fourth-order valence-electron chi connectivity index (χ4n) is 1.87. The molecule has 1 N–H and O–H groups in total. The van der Waals surface area contributed by atoms with Gasteiger partial charge in [-0.3, -0.25) is 0 Å². The maximum Gasteiger partial charge on any atom is 0.416 e. The number of hydrogen-bond acceptors (Lipinski definition) is 1. The molecule has 1 unspecified atom stereocenters.